The van der Waals surface area contributed by atoms with Gasteiger partial charge in [0.2, 0.25) is 0 Å². The van der Waals surface area contributed by atoms with Crippen molar-refractivity contribution in [2.75, 3.05) is 45.2 Å². The van der Waals surface area contributed by atoms with Gasteiger partial charge in [-0.05, 0) is 39.2 Å². The van der Waals surface area contributed by atoms with Crippen LogP contribution in [0.25, 0.3) is 11.0 Å². The van der Waals surface area contributed by atoms with Gasteiger partial charge in [-0.3, -0.25) is 0 Å². The maximum absolute atomic E-state index is 10.0. The number of aryl methyl sites for hydroxylation is 1. The third-order valence-electron chi connectivity index (χ3n) is 7.11. The van der Waals surface area contributed by atoms with Gasteiger partial charge in [0.05, 0.1) is 40.9 Å². The van der Waals surface area contributed by atoms with Crippen LogP contribution in [0.1, 0.15) is 54.6 Å². The van der Waals surface area contributed by atoms with Crippen molar-refractivity contribution in [1.29, 1.82) is 5.26 Å². The van der Waals surface area contributed by atoms with Crippen LogP contribution in [0.5, 0.6) is 5.75 Å². The van der Waals surface area contributed by atoms with E-state index in [1.807, 2.05) is 31.5 Å². The molecule has 1 unspecified atom stereocenters. The predicted molar refractivity (Wildman–Crippen MR) is 134 cm³/mol. The lowest BCUT2D eigenvalue weighted by atomic mass is 9.84. The average molecular weight is 496 g/mol. The zero-order valence-electron chi connectivity index (χ0n) is 20.3. The number of hydrogen-bond acceptors (Lipinski definition) is 8. The van der Waals surface area contributed by atoms with Gasteiger partial charge in [0.25, 0.3) is 0 Å². The Morgan fingerprint density at radius 2 is 2.17 bits per heavy atom. The molecular formula is C25H30ClN7O2. The quantitative estimate of drug-likeness (QED) is 0.527. The van der Waals surface area contributed by atoms with E-state index in [-0.39, 0.29) is 12.0 Å². The van der Waals surface area contributed by atoms with Gasteiger partial charge in [-0.25, -0.2) is 14.6 Å². The number of nitrogen functional groups attached to an aromatic ring is 1. The van der Waals surface area contributed by atoms with E-state index >= 15 is 0 Å². The molecule has 9 nitrogen and oxygen atoms in total. The van der Waals surface area contributed by atoms with Gasteiger partial charge in [0.1, 0.15) is 24.0 Å². The Balaban J connectivity index is 1.54. The molecule has 0 aliphatic carbocycles. The van der Waals surface area contributed by atoms with Crippen LogP contribution in [-0.2, 0) is 4.74 Å². The Labute approximate surface area is 209 Å². The fraction of sp³-hybridized carbons (Fsp3) is 0.520. The normalized spacial score (nSPS) is 19.6. The van der Waals surface area contributed by atoms with Crippen molar-refractivity contribution >= 4 is 28.5 Å². The minimum atomic E-state index is -0.252. The molecule has 0 spiro atoms. The van der Waals surface area contributed by atoms with Gasteiger partial charge < -0.3 is 20.1 Å². The van der Waals surface area contributed by atoms with Crippen LogP contribution in [0.3, 0.4) is 0 Å². The summed E-state index contributed by atoms with van der Waals surface area (Å²) in [5.41, 5.74) is 9.78. The minimum Gasteiger partial charge on any atom is -0.493 e. The summed E-state index contributed by atoms with van der Waals surface area (Å²) in [4.78, 5) is 11.0. The minimum absolute atomic E-state index is 0.173. The lowest BCUT2D eigenvalue weighted by molar-refractivity contribution is 0.111. The molecule has 35 heavy (non-hydrogen) atoms. The number of nitrogens with zero attached hydrogens (tertiary/aromatic N) is 6. The number of aromatic nitrogens is 4. The highest BCUT2D eigenvalue weighted by Gasteiger charge is 2.36. The van der Waals surface area contributed by atoms with Gasteiger partial charge >= 0.3 is 0 Å². The highest BCUT2D eigenvalue weighted by molar-refractivity contribution is 6.32. The standard InChI is InChI=1S/C25H30ClN7O2/c1-4-35-23-18(15(3)33-25-21(14(2)31-33)24(28)29-13-30-25)7-20(26)19(8-27)22(23)17-10-32(11-17)9-16-5-6-34-12-16/h7,13,15-17H,4-6,9-12H2,1-3H3,(H2,28,29,30)/t15-,16?/m1/s1. The molecule has 3 aromatic rings. The molecule has 184 valence electrons. The molecular weight excluding hydrogens is 466 g/mol. The number of likely N-dealkylation sites (tertiary alicyclic amines) is 1. The van der Waals surface area contributed by atoms with Crippen molar-refractivity contribution in [3.05, 3.63) is 39.8 Å². The zero-order chi connectivity index (χ0) is 24.7. The molecule has 2 N–H and O–H groups in total. The molecule has 2 fully saturated rings. The highest BCUT2D eigenvalue weighted by Crippen LogP contribution is 2.44. The van der Waals surface area contributed by atoms with Crippen molar-refractivity contribution in [2.45, 2.75) is 39.2 Å². The summed E-state index contributed by atoms with van der Waals surface area (Å²) in [6, 6.07) is 3.92. The first-order chi connectivity index (χ1) is 16.9. The number of hydrogen-bond donors (Lipinski definition) is 1. The number of anilines is 1. The summed E-state index contributed by atoms with van der Waals surface area (Å²) in [6.45, 7) is 10.8. The summed E-state index contributed by atoms with van der Waals surface area (Å²) in [6.07, 6.45) is 2.56. The maximum atomic E-state index is 10.0. The van der Waals surface area contributed by atoms with Crippen LogP contribution in [0.2, 0.25) is 5.02 Å². The van der Waals surface area contributed by atoms with Crippen molar-refractivity contribution < 1.29 is 9.47 Å². The third kappa shape index (κ3) is 4.20. The Hall–Kier alpha value is -2.93. The van der Waals surface area contributed by atoms with E-state index in [1.165, 1.54) is 6.33 Å². The molecule has 10 heteroatoms. The molecule has 0 radical (unpaired) electrons. The predicted octanol–water partition coefficient (Wildman–Crippen LogP) is 3.69. The summed E-state index contributed by atoms with van der Waals surface area (Å²) in [5.74, 6) is 1.88. The molecule has 2 aliphatic heterocycles. The molecule has 0 saturated carbocycles. The van der Waals surface area contributed by atoms with E-state index in [4.69, 9.17) is 31.9 Å². The number of fused-ring (bicyclic) bond motifs is 1. The van der Waals surface area contributed by atoms with Gasteiger partial charge in [-0.2, -0.15) is 10.4 Å². The van der Waals surface area contributed by atoms with Gasteiger partial charge in [-0.1, -0.05) is 11.6 Å². The number of benzene rings is 1. The third-order valence-corrected chi connectivity index (χ3v) is 7.41. The number of halogens is 1. The average Bonchev–Trinajstić information content (AvgIpc) is 3.45. The lowest BCUT2D eigenvalue weighted by Gasteiger charge is -2.42. The molecule has 0 bridgehead atoms. The summed E-state index contributed by atoms with van der Waals surface area (Å²) >= 11 is 6.70. The smallest absolute Gasteiger partial charge is 0.164 e. The fourth-order valence-corrected chi connectivity index (χ4v) is 5.62. The van der Waals surface area contributed by atoms with Crippen LogP contribution in [0.15, 0.2) is 12.4 Å². The number of nitriles is 1. The zero-order valence-corrected chi connectivity index (χ0v) is 21.0. The Morgan fingerprint density at radius 3 is 2.86 bits per heavy atom. The summed E-state index contributed by atoms with van der Waals surface area (Å²) < 4.78 is 13.6. The molecule has 4 heterocycles. The highest BCUT2D eigenvalue weighted by atomic mass is 35.5. The van der Waals surface area contributed by atoms with E-state index in [9.17, 15) is 5.26 Å². The Kier molecular flexibility index (Phi) is 6.53. The lowest BCUT2D eigenvalue weighted by Crippen LogP contribution is -2.47. The Morgan fingerprint density at radius 1 is 1.37 bits per heavy atom. The molecule has 2 saturated heterocycles. The second-order valence-corrected chi connectivity index (χ2v) is 9.83. The monoisotopic (exact) mass is 495 g/mol. The second-order valence-electron chi connectivity index (χ2n) is 9.42. The van der Waals surface area contributed by atoms with E-state index in [1.54, 1.807) is 0 Å². The number of rotatable bonds is 7. The number of ether oxygens (including phenoxy) is 2. The van der Waals surface area contributed by atoms with Gasteiger partial charge in [-0.15, -0.1) is 0 Å². The largest absolute Gasteiger partial charge is 0.493 e. The first-order valence-electron chi connectivity index (χ1n) is 12.1. The van der Waals surface area contributed by atoms with Crippen LogP contribution in [0.4, 0.5) is 5.82 Å². The Bertz CT molecular complexity index is 1290. The van der Waals surface area contributed by atoms with Crippen molar-refractivity contribution in [1.82, 2.24) is 24.6 Å². The van der Waals surface area contributed by atoms with Crippen LogP contribution >= 0.6 is 11.6 Å². The first-order valence-corrected chi connectivity index (χ1v) is 12.4. The van der Waals surface area contributed by atoms with Crippen molar-refractivity contribution in [3.8, 4) is 11.8 Å². The first kappa shape index (κ1) is 23.8. The van der Waals surface area contributed by atoms with Crippen LogP contribution in [-0.4, -0.2) is 64.1 Å². The van der Waals surface area contributed by atoms with Crippen LogP contribution in [0, 0.1) is 24.2 Å². The molecule has 2 aromatic heterocycles. The maximum Gasteiger partial charge on any atom is 0.164 e. The summed E-state index contributed by atoms with van der Waals surface area (Å²) in [7, 11) is 0. The van der Waals surface area contributed by atoms with E-state index in [0.717, 1.165) is 67.2 Å². The van der Waals surface area contributed by atoms with Gasteiger partial charge in [0.15, 0.2) is 5.65 Å². The molecule has 5 rings (SSSR count). The molecule has 0 amide bonds. The number of nitrogens with two attached hydrogens (primary N) is 1. The van der Waals surface area contributed by atoms with Crippen molar-refractivity contribution in [3.63, 3.8) is 0 Å². The second kappa shape index (κ2) is 9.61. The summed E-state index contributed by atoms with van der Waals surface area (Å²) in [5, 5.41) is 15.9. The van der Waals surface area contributed by atoms with E-state index in [2.05, 4.69) is 20.9 Å². The topological polar surface area (TPSA) is 115 Å². The van der Waals surface area contributed by atoms with E-state index in [0.29, 0.717) is 34.6 Å². The van der Waals surface area contributed by atoms with Gasteiger partial charge in [0, 0.05) is 43.3 Å². The molecule has 2 atom stereocenters. The van der Waals surface area contributed by atoms with Crippen LogP contribution < -0.4 is 10.5 Å². The van der Waals surface area contributed by atoms with E-state index < -0.39 is 0 Å². The van der Waals surface area contributed by atoms with Crippen molar-refractivity contribution in [2.24, 2.45) is 5.92 Å². The fourth-order valence-electron chi connectivity index (χ4n) is 5.36. The molecule has 1 aromatic carbocycles. The SMILES string of the molecule is CCOc1c([C@@H](C)n2nc(C)c3c(N)ncnc32)cc(Cl)c(C#N)c1C1CN(CC2CCOC2)C1. The molecule has 2 aliphatic rings.